The molecule has 8 nitrogen and oxygen atoms in total. The third kappa shape index (κ3) is 5.95. The average molecular weight is 344 g/mol. The minimum Gasteiger partial charge on any atom is -0.478 e. The zero-order valence-electron chi connectivity index (χ0n) is 12.2. The highest BCUT2D eigenvalue weighted by atomic mass is 35.5. The molecule has 2 N–H and O–H groups in total. The number of carbonyl (C=O) groups excluding carboxylic acids is 3. The van der Waals surface area contributed by atoms with Gasteiger partial charge in [-0.05, 0) is 24.3 Å². The monoisotopic (exact) mass is 343 g/mol. The number of benzene rings is 1. The highest BCUT2D eigenvalue weighted by molar-refractivity contribution is 6.30. The van der Waals surface area contributed by atoms with Gasteiger partial charge < -0.3 is 19.9 Å². The van der Waals surface area contributed by atoms with Crippen LogP contribution in [0.2, 0.25) is 5.02 Å². The Morgan fingerprint density at radius 2 is 1.48 bits per heavy atom. The minimum atomic E-state index is -1.97. The van der Waals surface area contributed by atoms with Crippen molar-refractivity contribution < 1.29 is 33.8 Å². The number of hydrogen-bond donors (Lipinski definition) is 2. The van der Waals surface area contributed by atoms with Crippen molar-refractivity contribution in [1.82, 2.24) is 0 Å². The van der Waals surface area contributed by atoms with E-state index in [0.29, 0.717) is 10.7 Å². The Morgan fingerprint density at radius 1 is 1.00 bits per heavy atom. The second kappa shape index (κ2) is 8.14. The molecule has 23 heavy (non-hydrogen) atoms. The van der Waals surface area contributed by atoms with Gasteiger partial charge in [0.05, 0.1) is 0 Å². The van der Waals surface area contributed by atoms with Crippen LogP contribution in [0.5, 0.6) is 0 Å². The fraction of sp³-hybridized carbons (Fsp3) is 0.286. The summed E-state index contributed by atoms with van der Waals surface area (Å²) < 4.78 is 9.25. The molecule has 2 atom stereocenters. The molecule has 0 radical (unpaired) electrons. The summed E-state index contributed by atoms with van der Waals surface area (Å²) in [4.78, 5) is 45.5. The molecule has 0 heterocycles. The number of halogens is 1. The fourth-order valence-corrected chi connectivity index (χ4v) is 1.72. The topological polar surface area (TPSA) is 119 Å². The van der Waals surface area contributed by atoms with Crippen LogP contribution in [-0.2, 0) is 28.7 Å². The van der Waals surface area contributed by atoms with Crippen molar-refractivity contribution in [3.8, 4) is 0 Å². The molecule has 9 heteroatoms. The van der Waals surface area contributed by atoms with E-state index in [2.05, 4.69) is 10.1 Å². The van der Waals surface area contributed by atoms with Gasteiger partial charge in [0.25, 0.3) is 5.91 Å². The van der Waals surface area contributed by atoms with E-state index < -0.39 is 36.0 Å². The Labute approximate surface area is 136 Å². The van der Waals surface area contributed by atoms with Crippen molar-refractivity contribution in [3.05, 3.63) is 29.3 Å². The summed E-state index contributed by atoms with van der Waals surface area (Å²) in [5, 5.41) is 11.9. The van der Waals surface area contributed by atoms with E-state index in [9.17, 15) is 19.2 Å². The maximum atomic E-state index is 12.2. The van der Waals surface area contributed by atoms with Crippen molar-refractivity contribution >= 4 is 41.1 Å². The third-order valence-corrected chi connectivity index (χ3v) is 2.73. The summed E-state index contributed by atoms with van der Waals surface area (Å²) in [5.74, 6) is -4.43. The molecule has 0 fully saturated rings. The lowest BCUT2D eigenvalue weighted by atomic mass is 10.1. The SMILES string of the molecule is CC(=O)O[C@@H](C(=O)O)[C@@H](OC(C)=O)C(=O)Nc1ccc(Cl)cc1. The number of anilines is 1. The molecule has 1 rings (SSSR count). The van der Waals surface area contributed by atoms with Gasteiger partial charge in [0.15, 0.2) is 0 Å². The largest absolute Gasteiger partial charge is 0.478 e. The Bertz CT molecular complexity index is 614. The molecular formula is C14H14ClNO7. The van der Waals surface area contributed by atoms with Crippen molar-refractivity contribution in [2.24, 2.45) is 0 Å². The summed E-state index contributed by atoms with van der Waals surface area (Å²) in [7, 11) is 0. The first-order chi connectivity index (χ1) is 10.7. The van der Waals surface area contributed by atoms with Gasteiger partial charge in [-0.25, -0.2) is 4.79 Å². The number of esters is 2. The van der Waals surface area contributed by atoms with Gasteiger partial charge in [0, 0.05) is 24.6 Å². The maximum Gasteiger partial charge on any atom is 0.349 e. The minimum absolute atomic E-state index is 0.295. The molecule has 1 aromatic rings. The van der Waals surface area contributed by atoms with Crippen molar-refractivity contribution in [1.29, 1.82) is 0 Å². The van der Waals surface area contributed by atoms with Crippen molar-refractivity contribution in [2.75, 3.05) is 5.32 Å². The van der Waals surface area contributed by atoms with Crippen molar-refractivity contribution in [3.63, 3.8) is 0 Å². The van der Waals surface area contributed by atoms with Crippen LogP contribution in [0, 0.1) is 0 Å². The maximum absolute atomic E-state index is 12.2. The number of carboxylic acid groups (broad SMARTS) is 1. The molecule has 0 aromatic heterocycles. The van der Waals surface area contributed by atoms with Gasteiger partial charge in [-0.3, -0.25) is 14.4 Å². The van der Waals surface area contributed by atoms with Crippen LogP contribution in [0.25, 0.3) is 0 Å². The van der Waals surface area contributed by atoms with E-state index in [4.69, 9.17) is 21.4 Å². The molecule has 0 unspecified atom stereocenters. The van der Waals surface area contributed by atoms with E-state index in [1.807, 2.05) is 0 Å². The number of nitrogens with one attached hydrogen (secondary N) is 1. The molecule has 0 aliphatic carbocycles. The highest BCUT2D eigenvalue weighted by Gasteiger charge is 2.39. The molecule has 0 aliphatic heterocycles. The lowest BCUT2D eigenvalue weighted by molar-refractivity contribution is -0.179. The van der Waals surface area contributed by atoms with Crippen LogP contribution in [0.4, 0.5) is 5.69 Å². The number of hydrogen-bond acceptors (Lipinski definition) is 6. The number of ether oxygens (including phenoxy) is 2. The second-order valence-electron chi connectivity index (χ2n) is 4.39. The molecule has 0 spiro atoms. The van der Waals surface area contributed by atoms with Gasteiger partial charge in [-0.1, -0.05) is 11.6 Å². The zero-order chi connectivity index (χ0) is 17.6. The van der Waals surface area contributed by atoms with Crippen LogP contribution in [0.1, 0.15) is 13.8 Å². The number of amides is 1. The molecule has 0 saturated heterocycles. The summed E-state index contributed by atoms with van der Waals surface area (Å²) in [5.41, 5.74) is 0.295. The molecule has 0 bridgehead atoms. The van der Waals surface area contributed by atoms with Crippen LogP contribution in [0.15, 0.2) is 24.3 Å². The lowest BCUT2D eigenvalue weighted by Gasteiger charge is -2.22. The molecule has 1 amide bonds. The van der Waals surface area contributed by atoms with Gasteiger partial charge >= 0.3 is 17.9 Å². The normalized spacial score (nSPS) is 12.7. The summed E-state index contributed by atoms with van der Waals surface area (Å²) >= 11 is 5.71. The molecule has 0 aliphatic rings. The molecule has 0 saturated carbocycles. The fourth-order valence-electron chi connectivity index (χ4n) is 1.60. The second-order valence-corrected chi connectivity index (χ2v) is 4.83. The Kier molecular flexibility index (Phi) is 6.52. The number of rotatable bonds is 6. The average Bonchev–Trinajstić information content (AvgIpc) is 2.44. The highest BCUT2D eigenvalue weighted by Crippen LogP contribution is 2.15. The summed E-state index contributed by atoms with van der Waals surface area (Å²) in [6.07, 6.45) is -3.81. The number of aliphatic carboxylic acids is 1. The van der Waals surface area contributed by atoms with Crippen LogP contribution < -0.4 is 5.32 Å². The van der Waals surface area contributed by atoms with Gasteiger partial charge in [-0.2, -0.15) is 0 Å². The Morgan fingerprint density at radius 3 is 1.91 bits per heavy atom. The molecule has 124 valence electrons. The Hall–Kier alpha value is -2.61. The van der Waals surface area contributed by atoms with E-state index >= 15 is 0 Å². The van der Waals surface area contributed by atoms with Gasteiger partial charge in [-0.15, -0.1) is 0 Å². The first-order valence-corrected chi connectivity index (χ1v) is 6.72. The van der Waals surface area contributed by atoms with Gasteiger partial charge in [0.1, 0.15) is 0 Å². The number of carbonyl (C=O) groups is 4. The molecule has 1 aromatic carbocycles. The third-order valence-electron chi connectivity index (χ3n) is 2.47. The first-order valence-electron chi connectivity index (χ1n) is 6.34. The van der Waals surface area contributed by atoms with E-state index in [1.165, 1.54) is 24.3 Å². The van der Waals surface area contributed by atoms with Crippen LogP contribution in [-0.4, -0.2) is 41.1 Å². The zero-order valence-corrected chi connectivity index (χ0v) is 13.0. The predicted octanol–water partition coefficient (Wildman–Crippen LogP) is 1.23. The predicted molar refractivity (Wildman–Crippen MR) is 78.8 cm³/mol. The lowest BCUT2D eigenvalue weighted by Crippen LogP contribution is -2.47. The standard InChI is InChI=1S/C14H14ClNO7/c1-7(17)22-11(12(14(20)21)23-8(2)18)13(19)16-10-5-3-9(15)4-6-10/h3-6,11-12H,1-2H3,(H,16,19)(H,20,21)/t11-,12-/m1/s1. The Balaban J connectivity index is 3.00. The van der Waals surface area contributed by atoms with E-state index in [1.54, 1.807) is 0 Å². The molecular weight excluding hydrogens is 330 g/mol. The van der Waals surface area contributed by atoms with Gasteiger partial charge in [0.2, 0.25) is 12.2 Å². The van der Waals surface area contributed by atoms with Crippen LogP contribution in [0.3, 0.4) is 0 Å². The van der Waals surface area contributed by atoms with Crippen molar-refractivity contribution in [2.45, 2.75) is 26.1 Å². The van der Waals surface area contributed by atoms with E-state index in [0.717, 1.165) is 13.8 Å². The van der Waals surface area contributed by atoms with E-state index in [-0.39, 0.29) is 0 Å². The first kappa shape index (κ1) is 18.4. The summed E-state index contributed by atoms with van der Waals surface area (Å²) in [6.45, 7) is 1.97. The smallest absolute Gasteiger partial charge is 0.349 e. The quantitative estimate of drug-likeness (QED) is 0.745. The summed E-state index contributed by atoms with van der Waals surface area (Å²) in [6, 6.07) is 5.93. The number of carboxylic acids is 1. The van der Waals surface area contributed by atoms with Crippen LogP contribution >= 0.6 is 11.6 Å².